The number of hydrogen-bond acceptors (Lipinski definition) is 6. The van der Waals surface area contributed by atoms with E-state index in [9.17, 15) is 18.5 Å². The fraction of sp³-hybridized carbons (Fsp3) is 0.235. The molecule has 0 atom stereocenters. The second-order valence-corrected chi connectivity index (χ2v) is 8.29. The number of anilines is 1. The highest BCUT2D eigenvalue weighted by molar-refractivity contribution is 7.92. The van der Waals surface area contributed by atoms with Gasteiger partial charge in [0.05, 0.1) is 28.2 Å². The molecule has 0 spiro atoms. The monoisotopic (exact) mass is 424 g/mol. The van der Waals surface area contributed by atoms with Crippen LogP contribution in [0.15, 0.2) is 36.4 Å². The van der Waals surface area contributed by atoms with Crippen LogP contribution in [-0.2, 0) is 23.5 Å². The van der Waals surface area contributed by atoms with E-state index in [-0.39, 0.29) is 39.6 Å². The molecule has 2 aromatic carbocycles. The van der Waals surface area contributed by atoms with Gasteiger partial charge in [-0.05, 0) is 30.2 Å². The Bertz CT molecular complexity index is 1140. The Kier molecular flexibility index (Phi) is 5.43. The minimum absolute atomic E-state index is 0.0408. The van der Waals surface area contributed by atoms with Crippen LogP contribution in [0.3, 0.4) is 0 Å². The average molecular weight is 425 g/mol. The molecule has 1 aromatic heterocycles. The highest BCUT2D eigenvalue weighted by Crippen LogP contribution is 2.36. The van der Waals surface area contributed by atoms with Gasteiger partial charge in [0.2, 0.25) is 10.0 Å². The predicted octanol–water partition coefficient (Wildman–Crippen LogP) is 3.13. The molecule has 0 unspecified atom stereocenters. The number of halogens is 1. The molecular formula is C17H17ClN4O5S. The van der Waals surface area contributed by atoms with Crippen molar-refractivity contribution in [3.8, 4) is 5.75 Å². The molecule has 28 heavy (non-hydrogen) atoms. The van der Waals surface area contributed by atoms with Crippen LogP contribution >= 0.6 is 11.6 Å². The summed E-state index contributed by atoms with van der Waals surface area (Å²) in [5.74, 6) is 0.450. The lowest BCUT2D eigenvalue weighted by Crippen LogP contribution is -2.18. The third-order valence-corrected chi connectivity index (χ3v) is 5.74. The number of benzene rings is 2. The van der Waals surface area contributed by atoms with E-state index in [0.717, 1.165) is 5.56 Å². The average Bonchev–Trinajstić information content (AvgIpc) is 2.97. The summed E-state index contributed by atoms with van der Waals surface area (Å²) >= 11 is 6.16. The van der Waals surface area contributed by atoms with Gasteiger partial charge in [0.1, 0.15) is 11.3 Å². The van der Waals surface area contributed by atoms with E-state index in [4.69, 9.17) is 16.3 Å². The Morgan fingerprint density at radius 2 is 1.93 bits per heavy atom. The molecule has 11 heteroatoms. The third-order valence-electron chi connectivity index (χ3n) is 4.18. The molecule has 0 saturated heterocycles. The van der Waals surface area contributed by atoms with Gasteiger partial charge in [0.15, 0.2) is 5.82 Å². The summed E-state index contributed by atoms with van der Waals surface area (Å²) in [6.45, 7) is 0. The number of rotatable bonds is 7. The molecule has 1 N–H and O–H groups in total. The van der Waals surface area contributed by atoms with Gasteiger partial charge < -0.3 is 4.74 Å². The minimum Gasteiger partial charge on any atom is -0.497 e. The maximum atomic E-state index is 12.5. The number of nitrogens with one attached hydrogen (secondary N) is 1. The van der Waals surface area contributed by atoms with Crippen LogP contribution < -0.4 is 9.46 Å². The fourth-order valence-electron chi connectivity index (χ4n) is 2.82. The Morgan fingerprint density at radius 3 is 2.54 bits per heavy atom. The van der Waals surface area contributed by atoms with Crippen molar-refractivity contribution in [1.29, 1.82) is 0 Å². The molecule has 1 heterocycles. The van der Waals surface area contributed by atoms with Crippen LogP contribution in [0, 0.1) is 10.1 Å². The Balaban J connectivity index is 1.86. The number of ether oxygens (including phenoxy) is 1. The van der Waals surface area contributed by atoms with Crippen LogP contribution in [0.5, 0.6) is 5.75 Å². The number of nitrogens with zero attached hydrogens (tertiary/aromatic N) is 3. The number of aromatic nitrogens is 2. The molecule has 0 amide bonds. The minimum atomic E-state index is -3.76. The molecule has 0 fully saturated rings. The van der Waals surface area contributed by atoms with Crippen molar-refractivity contribution >= 4 is 44.0 Å². The maximum Gasteiger partial charge on any atom is 0.295 e. The van der Waals surface area contributed by atoms with E-state index < -0.39 is 14.9 Å². The number of hydrogen-bond donors (Lipinski definition) is 1. The first kappa shape index (κ1) is 19.9. The predicted molar refractivity (Wildman–Crippen MR) is 106 cm³/mol. The molecule has 0 saturated carbocycles. The molecule has 3 rings (SSSR count). The molecule has 0 aliphatic rings. The summed E-state index contributed by atoms with van der Waals surface area (Å²) in [5.41, 5.74) is 0.758. The SMILES string of the molecule is COc1ccc(CCS(=O)(=O)Nc2nn(C)c3c([N+](=O)[O-])ccc(Cl)c23)cc1. The first-order valence-corrected chi connectivity index (χ1v) is 10.2. The van der Waals surface area contributed by atoms with Crippen LogP contribution in [0.25, 0.3) is 10.9 Å². The number of non-ortho nitro benzene ring substituents is 1. The Hall–Kier alpha value is -2.85. The van der Waals surface area contributed by atoms with E-state index in [0.29, 0.717) is 5.75 Å². The summed E-state index contributed by atoms with van der Waals surface area (Å²) in [5, 5.41) is 15.7. The molecule has 0 radical (unpaired) electrons. The van der Waals surface area contributed by atoms with Gasteiger partial charge in [-0.2, -0.15) is 5.10 Å². The van der Waals surface area contributed by atoms with E-state index in [1.807, 2.05) is 0 Å². The number of sulfonamides is 1. The third kappa shape index (κ3) is 4.02. The standard InChI is InChI=1S/C17H17ClN4O5S/c1-21-16-14(22(23)24)8-7-13(18)15(16)17(19-21)20-28(25,26)10-9-11-3-5-12(27-2)6-4-11/h3-8H,9-10H2,1-2H3,(H,19,20). The number of nitro benzene ring substituents is 1. The summed E-state index contributed by atoms with van der Waals surface area (Å²) in [4.78, 5) is 10.7. The van der Waals surface area contributed by atoms with Gasteiger partial charge in [0.25, 0.3) is 5.69 Å². The molecule has 9 nitrogen and oxygen atoms in total. The van der Waals surface area contributed by atoms with E-state index in [2.05, 4.69) is 9.82 Å². The normalized spacial score (nSPS) is 11.5. The summed E-state index contributed by atoms with van der Waals surface area (Å²) in [6, 6.07) is 9.67. The lowest BCUT2D eigenvalue weighted by molar-refractivity contribution is -0.383. The van der Waals surface area contributed by atoms with Gasteiger partial charge in [-0.15, -0.1) is 0 Å². The van der Waals surface area contributed by atoms with Crippen LogP contribution in [-0.4, -0.2) is 36.0 Å². The van der Waals surface area contributed by atoms with Gasteiger partial charge in [-0.25, -0.2) is 8.42 Å². The van der Waals surface area contributed by atoms with Crippen molar-refractivity contribution in [3.05, 3.63) is 57.1 Å². The summed E-state index contributed by atoms with van der Waals surface area (Å²) in [7, 11) is -0.724. The number of methoxy groups -OCH3 is 1. The number of nitro groups is 1. The van der Waals surface area contributed by atoms with Crippen molar-refractivity contribution in [2.45, 2.75) is 6.42 Å². The molecule has 0 aliphatic heterocycles. The molecule has 3 aromatic rings. The van der Waals surface area contributed by atoms with Crippen molar-refractivity contribution < 1.29 is 18.1 Å². The molecule has 148 valence electrons. The molecular weight excluding hydrogens is 408 g/mol. The van der Waals surface area contributed by atoms with Gasteiger partial charge in [-0.1, -0.05) is 23.7 Å². The Morgan fingerprint density at radius 1 is 1.25 bits per heavy atom. The summed E-state index contributed by atoms with van der Waals surface area (Å²) < 4.78 is 33.7. The zero-order valence-corrected chi connectivity index (χ0v) is 16.6. The van der Waals surface area contributed by atoms with E-state index in [1.54, 1.807) is 31.4 Å². The lowest BCUT2D eigenvalue weighted by atomic mass is 10.2. The molecule has 0 aliphatic carbocycles. The van der Waals surface area contributed by atoms with E-state index >= 15 is 0 Å². The first-order valence-electron chi connectivity index (χ1n) is 8.15. The number of aryl methyl sites for hydroxylation is 2. The number of fused-ring (bicyclic) bond motifs is 1. The quantitative estimate of drug-likeness (QED) is 0.460. The van der Waals surface area contributed by atoms with Gasteiger partial charge >= 0.3 is 0 Å². The second-order valence-electron chi connectivity index (χ2n) is 6.04. The summed E-state index contributed by atoms with van der Waals surface area (Å²) in [6.07, 6.45) is 0.276. The fourth-order valence-corrected chi connectivity index (χ4v) is 4.11. The second kappa shape index (κ2) is 7.64. The van der Waals surface area contributed by atoms with Gasteiger partial charge in [0, 0.05) is 13.1 Å². The van der Waals surface area contributed by atoms with Crippen molar-refractivity contribution in [2.75, 3.05) is 17.6 Å². The first-order chi connectivity index (χ1) is 13.2. The van der Waals surface area contributed by atoms with Crippen molar-refractivity contribution in [2.24, 2.45) is 7.05 Å². The van der Waals surface area contributed by atoms with Crippen LogP contribution in [0.2, 0.25) is 5.02 Å². The van der Waals surface area contributed by atoms with E-state index in [1.165, 1.54) is 23.9 Å². The van der Waals surface area contributed by atoms with Crippen LogP contribution in [0.1, 0.15) is 5.56 Å². The van der Waals surface area contributed by atoms with Crippen LogP contribution in [0.4, 0.5) is 11.5 Å². The lowest BCUT2D eigenvalue weighted by Gasteiger charge is -2.07. The highest BCUT2D eigenvalue weighted by Gasteiger charge is 2.24. The zero-order valence-electron chi connectivity index (χ0n) is 15.0. The zero-order chi connectivity index (χ0) is 20.5. The Labute approximate surface area is 166 Å². The smallest absolute Gasteiger partial charge is 0.295 e. The van der Waals surface area contributed by atoms with Crippen molar-refractivity contribution in [3.63, 3.8) is 0 Å². The van der Waals surface area contributed by atoms with Gasteiger partial charge in [-0.3, -0.25) is 19.5 Å². The maximum absolute atomic E-state index is 12.5. The molecule has 0 bridgehead atoms. The van der Waals surface area contributed by atoms with Crippen molar-refractivity contribution in [1.82, 2.24) is 9.78 Å². The topological polar surface area (TPSA) is 116 Å². The highest BCUT2D eigenvalue weighted by atomic mass is 35.5. The largest absolute Gasteiger partial charge is 0.497 e.